The van der Waals surface area contributed by atoms with Crippen LogP contribution >= 0.6 is 0 Å². The van der Waals surface area contributed by atoms with E-state index in [-0.39, 0.29) is 24.5 Å². The molecule has 1 atom stereocenters. The minimum atomic E-state index is -0.371. The van der Waals surface area contributed by atoms with E-state index in [2.05, 4.69) is 11.2 Å². The van der Waals surface area contributed by atoms with Gasteiger partial charge in [-0.3, -0.25) is 4.79 Å². The summed E-state index contributed by atoms with van der Waals surface area (Å²) in [4.78, 5) is 15.0. The predicted octanol–water partition coefficient (Wildman–Crippen LogP) is 4.60. The molecule has 0 radical (unpaired) electrons. The number of benzene rings is 3. The van der Waals surface area contributed by atoms with E-state index in [9.17, 15) is 9.18 Å². The minimum absolute atomic E-state index is 0.0821. The van der Waals surface area contributed by atoms with Crippen LogP contribution in [-0.4, -0.2) is 17.4 Å². The van der Waals surface area contributed by atoms with Gasteiger partial charge in [-0.05, 0) is 47.5 Å². The number of hydrogen-bond donors (Lipinski definition) is 1. The molecule has 0 aliphatic carbocycles. The molecular weight excluding hydrogens is 367 g/mol. The van der Waals surface area contributed by atoms with Crippen LogP contribution in [0.15, 0.2) is 72.8 Å². The fourth-order valence-corrected chi connectivity index (χ4v) is 3.38. The number of amides is 1. The number of anilines is 1. The van der Waals surface area contributed by atoms with E-state index in [1.165, 1.54) is 12.1 Å². The quantitative estimate of drug-likeness (QED) is 0.652. The van der Waals surface area contributed by atoms with Gasteiger partial charge in [0.05, 0.1) is 5.56 Å². The van der Waals surface area contributed by atoms with Crippen molar-refractivity contribution in [1.29, 1.82) is 0 Å². The number of nitrogens with zero attached hydrogens (tertiary/aromatic N) is 1. The molecule has 0 aromatic heterocycles. The van der Waals surface area contributed by atoms with Gasteiger partial charge in [0.15, 0.2) is 0 Å². The molecule has 1 aliphatic rings. The molecule has 0 bridgehead atoms. The van der Waals surface area contributed by atoms with Gasteiger partial charge in [-0.15, -0.1) is 6.42 Å². The summed E-state index contributed by atoms with van der Waals surface area (Å²) >= 11 is 0. The Morgan fingerprint density at radius 3 is 2.48 bits per heavy atom. The number of rotatable bonds is 5. The first-order chi connectivity index (χ1) is 14.2. The fraction of sp³-hybridized carbons (Fsp3) is 0.125. The molecule has 1 N–H and O–H groups in total. The molecule has 1 heterocycles. The molecule has 29 heavy (non-hydrogen) atoms. The summed E-state index contributed by atoms with van der Waals surface area (Å²) < 4.78 is 18.7. The number of para-hydroxylation sites is 1. The summed E-state index contributed by atoms with van der Waals surface area (Å²) in [5.41, 5.74) is 3.15. The zero-order valence-corrected chi connectivity index (χ0v) is 15.6. The first-order valence-electron chi connectivity index (χ1n) is 9.23. The second-order valence-corrected chi connectivity index (χ2v) is 6.71. The second kappa shape index (κ2) is 8.07. The lowest BCUT2D eigenvalue weighted by atomic mass is 10.0. The molecule has 3 aromatic rings. The molecule has 4 rings (SSSR count). The third kappa shape index (κ3) is 3.92. The van der Waals surface area contributed by atoms with Crippen molar-refractivity contribution in [2.45, 2.75) is 12.7 Å². The lowest BCUT2D eigenvalue weighted by Crippen LogP contribution is -2.42. The maximum absolute atomic E-state index is 13.3. The molecule has 5 heteroatoms. The van der Waals surface area contributed by atoms with Crippen LogP contribution in [0.1, 0.15) is 27.7 Å². The highest BCUT2D eigenvalue weighted by molar-refractivity contribution is 6.01. The minimum Gasteiger partial charge on any atom is -0.481 e. The van der Waals surface area contributed by atoms with Gasteiger partial charge in [0.25, 0.3) is 5.91 Å². The van der Waals surface area contributed by atoms with Gasteiger partial charge in [0.2, 0.25) is 0 Å². The van der Waals surface area contributed by atoms with Gasteiger partial charge in [0.1, 0.15) is 24.3 Å². The van der Waals surface area contributed by atoms with Gasteiger partial charge < -0.3 is 15.0 Å². The van der Waals surface area contributed by atoms with E-state index in [0.717, 1.165) is 16.8 Å². The Morgan fingerprint density at radius 2 is 1.76 bits per heavy atom. The number of carbonyl (C=O) groups is 1. The molecule has 1 unspecified atom stereocenters. The Kier molecular flexibility index (Phi) is 5.17. The van der Waals surface area contributed by atoms with Gasteiger partial charge in [-0.25, -0.2) is 4.39 Å². The van der Waals surface area contributed by atoms with Crippen LogP contribution in [0, 0.1) is 18.2 Å². The highest BCUT2D eigenvalue weighted by atomic mass is 19.1. The monoisotopic (exact) mass is 386 g/mol. The van der Waals surface area contributed by atoms with E-state index in [1.54, 1.807) is 23.1 Å². The van der Waals surface area contributed by atoms with Crippen molar-refractivity contribution >= 4 is 11.6 Å². The predicted molar refractivity (Wildman–Crippen MR) is 110 cm³/mol. The summed E-state index contributed by atoms with van der Waals surface area (Å²) in [5.74, 6) is 2.71. The summed E-state index contributed by atoms with van der Waals surface area (Å²) in [6.45, 7) is 0.546. The number of carbonyl (C=O) groups excluding carboxylic acids is 1. The van der Waals surface area contributed by atoms with Gasteiger partial charge >= 0.3 is 0 Å². The Balaban J connectivity index is 1.67. The number of fused-ring (bicyclic) bond motifs is 1. The van der Waals surface area contributed by atoms with Gasteiger partial charge in [-0.1, -0.05) is 42.3 Å². The van der Waals surface area contributed by atoms with Crippen LogP contribution in [0.25, 0.3) is 0 Å². The number of hydrogen-bond acceptors (Lipinski definition) is 3. The second-order valence-electron chi connectivity index (χ2n) is 6.71. The van der Waals surface area contributed by atoms with Crippen LogP contribution < -0.4 is 10.1 Å². The molecular formula is C24H19FN2O2. The van der Waals surface area contributed by atoms with E-state index in [0.29, 0.717) is 17.9 Å². The Bertz CT molecular complexity index is 1060. The highest BCUT2D eigenvalue weighted by Crippen LogP contribution is 2.34. The topological polar surface area (TPSA) is 41.6 Å². The van der Waals surface area contributed by atoms with Crippen molar-refractivity contribution in [3.8, 4) is 18.1 Å². The molecule has 0 saturated carbocycles. The zero-order chi connectivity index (χ0) is 20.2. The molecule has 0 saturated heterocycles. The van der Waals surface area contributed by atoms with Crippen LogP contribution in [0.3, 0.4) is 0 Å². The molecule has 3 aromatic carbocycles. The molecule has 1 aliphatic heterocycles. The molecule has 1 amide bonds. The standard InChI is InChI=1S/C24H19FN2O2/c1-2-15-29-20-13-9-18(10-14-20)23-26-22-6-4-3-5-21(22)24(28)27(23)16-17-7-11-19(25)12-8-17/h1,3-14,23,26H,15-16H2. The van der Waals surface area contributed by atoms with Gasteiger partial charge in [-0.2, -0.15) is 0 Å². The van der Waals surface area contributed by atoms with Crippen LogP contribution in [-0.2, 0) is 6.54 Å². The first kappa shape index (κ1) is 18.6. The van der Waals surface area contributed by atoms with Crippen molar-refractivity contribution in [2.75, 3.05) is 11.9 Å². The van der Waals surface area contributed by atoms with Gasteiger partial charge in [0, 0.05) is 12.2 Å². The summed E-state index contributed by atoms with van der Waals surface area (Å²) in [7, 11) is 0. The lowest BCUT2D eigenvalue weighted by molar-refractivity contribution is 0.0666. The Hall–Kier alpha value is -3.78. The van der Waals surface area contributed by atoms with E-state index >= 15 is 0 Å². The number of terminal acetylenes is 1. The Labute approximate surface area is 168 Å². The molecule has 0 fully saturated rings. The number of halogens is 1. The average Bonchev–Trinajstić information content (AvgIpc) is 2.76. The summed E-state index contributed by atoms with van der Waals surface area (Å²) in [6.07, 6.45) is 4.86. The van der Waals surface area contributed by atoms with Crippen molar-refractivity contribution in [3.63, 3.8) is 0 Å². The van der Waals surface area contributed by atoms with Crippen LogP contribution in [0.5, 0.6) is 5.75 Å². The van der Waals surface area contributed by atoms with Crippen molar-refractivity contribution in [3.05, 3.63) is 95.3 Å². The van der Waals surface area contributed by atoms with Crippen molar-refractivity contribution < 1.29 is 13.9 Å². The van der Waals surface area contributed by atoms with Crippen LogP contribution in [0.4, 0.5) is 10.1 Å². The van der Waals surface area contributed by atoms with Crippen molar-refractivity contribution in [2.24, 2.45) is 0 Å². The normalized spacial score (nSPS) is 15.2. The van der Waals surface area contributed by atoms with Crippen LogP contribution in [0.2, 0.25) is 0 Å². The maximum atomic E-state index is 13.3. The lowest BCUT2D eigenvalue weighted by Gasteiger charge is -2.38. The highest BCUT2D eigenvalue weighted by Gasteiger charge is 2.32. The molecule has 144 valence electrons. The van der Waals surface area contributed by atoms with Crippen molar-refractivity contribution in [1.82, 2.24) is 4.90 Å². The average molecular weight is 386 g/mol. The van der Waals surface area contributed by atoms with E-state index < -0.39 is 0 Å². The third-order valence-corrected chi connectivity index (χ3v) is 4.81. The molecule has 4 nitrogen and oxygen atoms in total. The molecule has 0 spiro atoms. The fourth-order valence-electron chi connectivity index (χ4n) is 3.38. The Morgan fingerprint density at radius 1 is 1.03 bits per heavy atom. The first-order valence-corrected chi connectivity index (χ1v) is 9.23. The van der Waals surface area contributed by atoms with E-state index in [4.69, 9.17) is 11.2 Å². The number of nitrogens with one attached hydrogen (secondary N) is 1. The largest absolute Gasteiger partial charge is 0.481 e. The number of ether oxygens (including phenoxy) is 1. The summed E-state index contributed by atoms with van der Waals surface area (Å²) in [5, 5.41) is 3.45. The third-order valence-electron chi connectivity index (χ3n) is 4.81. The smallest absolute Gasteiger partial charge is 0.258 e. The SMILES string of the molecule is C#CCOc1ccc(C2Nc3ccccc3C(=O)N2Cc2ccc(F)cc2)cc1. The maximum Gasteiger partial charge on any atom is 0.258 e. The summed E-state index contributed by atoms with van der Waals surface area (Å²) in [6, 6.07) is 21.1. The zero-order valence-electron chi connectivity index (χ0n) is 15.6. The van der Waals surface area contributed by atoms with E-state index in [1.807, 2.05) is 42.5 Å².